The average Bonchev–Trinajstić information content (AvgIpc) is 3.28. The maximum absolute atomic E-state index is 6.19. The molecule has 4 heteroatoms. The monoisotopic (exact) mass is 302 g/mol. The molecule has 1 saturated carbocycles. The Labute approximate surface area is 130 Å². The number of rotatable bonds is 5. The molecule has 3 rings (SSSR count). The van der Waals surface area contributed by atoms with Crippen molar-refractivity contribution in [2.45, 2.75) is 39.3 Å². The van der Waals surface area contributed by atoms with Crippen molar-refractivity contribution in [1.82, 2.24) is 10.3 Å². The van der Waals surface area contributed by atoms with E-state index in [4.69, 9.17) is 16.3 Å². The molecule has 1 N–H and O–H groups in total. The van der Waals surface area contributed by atoms with Crippen LogP contribution in [0, 0.1) is 13.8 Å². The van der Waals surface area contributed by atoms with Gasteiger partial charge in [0.15, 0.2) is 0 Å². The zero-order chi connectivity index (χ0) is 14.8. The van der Waals surface area contributed by atoms with Gasteiger partial charge in [-0.05, 0) is 56.0 Å². The first-order valence-electron chi connectivity index (χ1n) is 7.25. The average molecular weight is 303 g/mol. The number of aryl methyl sites for hydroxylation is 2. The summed E-state index contributed by atoms with van der Waals surface area (Å²) in [6.07, 6.45) is 4.30. The highest BCUT2D eigenvalue weighted by Gasteiger charge is 2.20. The Morgan fingerprint density at radius 1 is 1.29 bits per heavy atom. The normalized spacial score (nSPS) is 14.2. The predicted molar refractivity (Wildman–Crippen MR) is 85.1 cm³/mol. The van der Waals surface area contributed by atoms with Crippen LogP contribution >= 0.6 is 11.6 Å². The van der Waals surface area contributed by atoms with Crippen molar-refractivity contribution >= 4 is 11.6 Å². The standard InChI is InChI=1S/C17H19ClN2O/c1-11-8-15(9-12(2)16(11)18)21-17-13(4-3-7-19-17)10-20-14-5-6-14/h3-4,7-9,14,20H,5-6,10H2,1-2H3. The SMILES string of the molecule is Cc1cc(Oc2ncccc2CNC2CC2)cc(C)c1Cl. The molecule has 0 radical (unpaired) electrons. The van der Waals surface area contributed by atoms with Crippen LogP contribution in [0.15, 0.2) is 30.5 Å². The van der Waals surface area contributed by atoms with Gasteiger partial charge >= 0.3 is 0 Å². The van der Waals surface area contributed by atoms with E-state index in [9.17, 15) is 0 Å². The highest BCUT2D eigenvalue weighted by atomic mass is 35.5. The topological polar surface area (TPSA) is 34.1 Å². The minimum Gasteiger partial charge on any atom is -0.439 e. The van der Waals surface area contributed by atoms with Crippen LogP contribution in [0.25, 0.3) is 0 Å². The molecule has 0 aliphatic heterocycles. The summed E-state index contributed by atoms with van der Waals surface area (Å²) in [6, 6.07) is 8.55. The summed E-state index contributed by atoms with van der Waals surface area (Å²) in [4.78, 5) is 4.36. The highest BCUT2D eigenvalue weighted by molar-refractivity contribution is 6.32. The Kier molecular flexibility index (Phi) is 4.13. The lowest BCUT2D eigenvalue weighted by atomic mass is 10.1. The molecular weight excluding hydrogens is 284 g/mol. The number of nitrogens with zero attached hydrogens (tertiary/aromatic N) is 1. The lowest BCUT2D eigenvalue weighted by Crippen LogP contribution is -2.16. The zero-order valence-corrected chi connectivity index (χ0v) is 13.1. The van der Waals surface area contributed by atoms with E-state index < -0.39 is 0 Å². The van der Waals surface area contributed by atoms with E-state index >= 15 is 0 Å². The van der Waals surface area contributed by atoms with Crippen molar-refractivity contribution in [2.24, 2.45) is 0 Å². The van der Waals surface area contributed by atoms with Gasteiger partial charge in [-0.25, -0.2) is 4.98 Å². The number of aromatic nitrogens is 1. The van der Waals surface area contributed by atoms with Crippen molar-refractivity contribution in [3.63, 3.8) is 0 Å². The van der Waals surface area contributed by atoms with Crippen LogP contribution in [0.2, 0.25) is 5.02 Å². The van der Waals surface area contributed by atoms with Crippen LogP contribution in [0.1, 0.15) is 29.5 Å². The zero-order valence-electron chi connectivity index (χ0n) is 12.3. The first kappa shape index (κ1) is 14.4. The van der Waals surface area contributed by atoms with Crippen molar-refractivity contribution in [2.75, 3.05) is 0 Å². The molecule has 0 saturated heterocycles. The highest BCUT2D eigenvalue weighted by Crippen LogP contribution is 2.30. The molecule has 1 aliphatic carbocycles. The summed E-state index contributed by atoms with van der Waals surface area (Å²) in [5.41, 5.74) is 3.11. The third kappa shape index (κ3) is 3.55. The fourth-order valence-electron chi connectivity index (χ4n) is 2.27. The smallest absolute Gasteiger partial charge is 0.223 e. The van der Waals surface area contributed by atoms with Crippen LogP contribution in [0.5, 0.6) is 11.6 Å². The van der Waals surface area contributed by atoms with Gasteiger partial charge < -0.3 is 10.1 Å². The molecule has 110 valence electrons. The molecule has 3 nitrogen and oxygen atoms in total. The fraction of sp³-hybridized carbons (Fsp3) is 0.353. The molecule has 2 aromatic rings. The minimum atomic E-state index is 0.659. The van der Waals surface area contributed by atoms with Crippen molar-refractivity contribution < 1.29 is 4.74 Å². The summed E-state index contributed by atoms with van der Waals surface area (Å²) < 4.78 is 5.97. The third-order valence-corrected chi connectivity index (χ3v) is 4.23. The Morgan fingerprint density at radius 3 is 2.67 bits per heavy atom. The first-order valence-corrected chi connectivity index (χ1v) is 7.63. The molecular formula is C17H19ClN2O. The molecule has 1 heterocycles. The van der Waals surface area contributed by atoms with Gasteiger partial charge in [0.05, 0.1) is 0 Å². The van der Waals surface area contributed by atoms with Gasteiger partial charge in [0.25, 0.3) is 0 Å². The second-order valence-corrected chi connectivity index (χ2v) is 5.97. The predicted octanol–water partition coefficient (Wildman–Crippen LogP) is 4.40. The minimum absolute atomic E-state index is 0.659. The van der Waals surface area contributed by atoms with Crippen LogP contribution < -0.4 is 10.1 Å². The lowest BCUT2D eigenvalue weighted by molar-refractivity contribution is 0.452. The van der Waals surface area contributed by atoms with E-state index in [2.05, 4.69) is 10.3 Å². The molecule has 0 bridgehead atoms. The Bertz CT molecular complexity index is 630. The van der Waals surface area contributed by atoms with Crippen molar-refractivity contribution in [3.05, 3.63) is 52.2 Å². The van der Waals surface area contributed by atoms with Crippen molar-refractivity contribution in [1.29, 1.82) is 0 Å². The molecule has 1 aliphatic rings. The number of hydrogen-bond acceptors (Lipinski definition) is 3. The second-order valence-electron chi connectivity index (χ2n) is 5.60. The molecule has 21 heavy (non-hydrogen) atoms. The summed E-state index contributed by atoms with van der Waals surface area (Å²) in [5.74, 6) is 1.44. The van der Waals surface area contributed by atoms with E-state index in [1.54, 1.807) is 6.20 Å². The summed E-state index contributed by atoms with van der Waals surface area (Å²) >= 11 is 6.19. The fourth-order valence-corrected chi connectivity index (χ4v) is 2.38. The second kappa shape index (κ2) is 6.04. The van der Waals surface area contributed by atoms with Crippen LogP contribution in [-0.4, -0.2) is 11.0 Å². The van der Waals surface area contributed by atoms with Crippen LogP contribution in [0.4, 0.5) is 0 Å². The van der Waals surface area contributed by atoms with Gasteiger partial charge in [0.1, 0.15) is 5.75 Å². The van der Waals surface area contributed by atoms with Gasteiger partial charge in [-0.3, -0.25) is 0 Å². The molecule has 0 unspecified atom stereocenters. The van der Waals surface area contributed by atoms with Gasteiger partial charge in [0, 0.05) is 29.4 Å². The maximum atomic E-state index is 6.19. The molecule has 0 spiro atoms. The number of halogens is 1. The number of nitrogens with one attached hydrogen (secondary N) is 1. The van der Waals surface area contributed by atoms with E-state index in [1.807, 2.05) is 38.1 Å². The molecule has 1 aromatic carbocycles. The van der Waals surface area contributed by atoms with E-state index in [0.717, 1.165) is 34.0 Å². The molecule has 1 aromatic heterocycles. The van der Waals surface area contributed by atoms with Gasteiger partial charge in [-0.1, -0.05) is 17.7 Å². The molecule has 0 amide bonds. The van der Waals surface area contributed by atoms with E-state index in [0.29, 0.717) is 11.9 Å². The largest absolute Gasteiger partial charge is 0.439 e. The van der Waals surface area contributed by atoms with Gasteiger partial charge in [-0.2, -0.15) is 0 Å². The van der Waals surface area contributed by atoms with E-state index in [-0.39, 0.29) is 0 Å². The molecule has 1 fully saturated rings. The van der Waals surface area contributed by atoms with Gasteiger partial charge in [0.2, 0.25) is 5.88 Å². The summed E-state index contributed by atoms with van der Waals surface area (Å²) in [7, 11) is 0. The third-order valence-electron chi connectivity index (χ3n) is 3.63. The van der Waals surface area contributed by atoms with Crippen LogP contribution in [-0.2, 0) is 6.54 Å². The Hall–Kier alpha value is -1.58. The van der Waals surface area contributed by atoms with Crippen LogP contribution in [0.3, 0.4) is 0 Å². The number of ether oxygens (including phenoxy) is 1. The summed E-state index contributed by atoms with van der Waals surface area (Å²) in [5, 5.41) is 4.28. The van der Waals surface area contributed by atoms with Crippen molar-refractivity contribution in [3.8, 4) is 11.6 Å². The van der Waals surface area contributed by atoms with Gasteiger partial charge in [-0.15, -0.1) is 0 Å². The molecule has 0 atom stereocenters. The Morgan fingerprint density at radius 2 is 2.00 bits per heavy atom. The first-order chi connectivity index (χ1) is 10.1. The quantitative estimate of drug-likeness (QED) is 0.889. The lowest BCUT2D eigenvalue weighted by Gasteiger charge is -2.12. The summed E-state index contributed by atoms with van der Waals surface area (Å²) in [6.45, 7) is 4.76. The number of pyridine rings is 1. The number of hydrogen-bond donors (Lipinski definition) is 1. The maximum Gasteiger partial charge on any atom is 0.223 e. The number of benzene rings is 1. The Balaban J connectivity index is 1.80. The van der Waals surface area contributed by atoms with E-state index in [1.165, 1.54) is 12.8 Å².